The minimum atomic E-state index is -2.39. The smallest absolute Gasteiger partial charge is 0.489 e. The third kappa shape index (κ3) is 6.09. The van der Waals surface area contributed by atoms with E-state index in [1.54, 1.807) is 0 Å². The van der Waals surface area contributed by atoms with Gasteiger partial charge in [-0.1, -0.05) is 0 Å². The standard InChI is InChI=1S/C25H22BF9NO4/c1-6-37-25(2,36(3,4)5)20-19(11-18(31)23(34)24(20)35)40-26(38-12-7-14(27)21(32)15(28)8-12)39-13-9-16(29)22(33)17(30)10-13/h7-11H,6H2,1-5H3/q+1. The van der Waals surface area contributed by atoms with Crippen molar-refractivity contribution in [1.82, 2.24) is 0 Å². The molecule has 0 bridgehead atoms. The lowest BCUT2D eigenvalue weighted by molar-refractivity contribution is -0.958. The van der Waals surface area contributed by atoms with E-state index in [9.17, 15) is 35.1 Å². The molecule has 0 aliphatic carbocycles. The van der Waals surface area contributed by atoms with Crippen molar-refractivity contribution in [2.24, 2.45) is 0 Å². The first-order valence-electron chi connectivity index (χ1n) is 11.4. The maximum atomic E-state index is 15.3. The van der Waals surface area contributed by atoms with Gasteiger partial charge in [0, 0.05) is 37.3 Å². The molecular formula is C25H22BF9NO4+. The van der Waals surface area contributed by atoms with Gasteiger partial charge in [0.25, 0.3) is 0 Å². The van der Waals surface area contributed by atoms with Gasteiger partial charge in [-0.25, -0.2) is 39.5 Å². The first-order chi connectivity index (χ1) is 18.5. The van der Waals surface area contributed by atoms with E-state index in [0.29, 0.717) is 30.3 Å². The highest BCUT2D eigenvalue weighted by Gasteiger charge is 2.48. The molecule has 0 saturated carbocycles. The molecule has 1 atom stereocenters. The van der Waals surface area contributed by atoms with Crippen molar-refractivity contribution in [1.29, 1.82) is 0 Å². The maximum absolute atomic E-state index is 15.3. The van der Waals surface area contributed by atoms with Crippen LogP contribution >= 0.6 is 0 Å². The van der Waals surface area contributed by atoms with E-state index in [2.05, 4.69) is 0 Å². The van der Waals surface area contributed by atoms with Crippen LogP contribution in [0.1, 0.15) is 19.4 Å². The zero-order valence-electron chi connectivity index (χ0n) is 21.7. The van der Waals surface area contributed by atoms with Crippen LogP contribution in [0, 0.1) is 52.4 Å². The molecule has 0 aliphatic rings. The number of quaternary nitrogens is 1. The lowest BCUT2D eigenvalue weighted by Crippen LogP contribution is -2.55. The highest BCUT2D eigenvalue weighted by molar-refractivity contribution is 6.39. The number of hydrogen-bond acceptors (Lipinski definition) is 4. The summed E-state index contributed by atoms with van der Waals surface area (Å²) >= 11 is 0. The van der Waals surface area contributed by atoms with Gasteiger partial charge in [0.15, 0.2) is 52.4 Å². The van der Waals surface area contributed by atoms with Crippen LogP contribution in [0.3, 0.4) is 0 Å². The third-order valence-corrected chi connectivity index (χ3v) is 5.90. The van der Waals surface area contributed by atoms with Crippen molar-refractivity contribution in [2.75, 3.05) is 27.7 Å². The molecule has 0 aromatic heterocycles. The number of nitrogens with zero attached hydrogens (tertiary/aromatic N) is 1. The highest BCUT2D eigenvalue weighted by atomic mass is 19.2. The van der Waals surface area contributed by atoms with E-state index in [0.717, 1.165) is 0 Å². The third-order valence-electron chi connectivity index (χ3n) is 5.90. The van der Waals surface area contributed by atoms with Gasteiger partial charge in [0.1, 0.15) is 22.8 Å². The van der Waals surface area contributed by atoms with Crippen LogP contribution in [0.5, 0.6) is 17.2 Å². The molecule has 0 heterocycles. The van der Waals surface area contributed by atoms with E-state index >= 15 is 4.39 Å². The Kier molecular flexibility index (Phi) is 8.89. The fourth-order valence-corrected chi connectivity index (χ4v) is 3.58. The van der Waals surface area contributed by atoms with E-state index < -0.39 is 88.2 Å². The molecule has 40 heavy (non-hydrogen) atoms. The SMILES string of the molecule is CCOC(C)(c1c(OB(Oc2cc(F)c(F)c(F)c2)Oc2cc(F)c(F)c(F)c2)cc(F)c(F)c1F)[N+](C)(C)C. The van der Waals surface area contributed by atoms with Crippen molar-refractivity contribution in [3.8, 4) is 17.2 Å². The fourth-order valence-electron chi connectivity index (χ4n) is 3.58. The number of halogens is 9. The van der Waals surface area contributed by atoms with E-state index in [4.69, 9.17) is 18.7 Å². The molecule has 0 saturated heterocycles. The lowest BCUT2D eigenvalue weighted by atomic mass is 9.98. The molecule has 3 aromatic carbocycles. The summed E-state index contributed by atoms with van der Waals surface area (Å²) in [5.74, 6) is -18.4. The second kappa shape index (κ2) is 11.5. The molecule has 0 radical (unpaired) electrons. The molecule has 0 N–H and O–H groups in total. The molecule has 0 aliphatic heterocycles. The highest BCUT2D eigenvalue weighted by Crippen LogP contribution is 2.42. The molecule has 15 heteroatoms. The zero-order chi connectivity index (χ0) is 30.2. The molecule has 216 valence electrons. The Morgan fingerprint density at radius 1 is 0.625 bits per heavy atom. The zero-order valence-corrected chi connectivity index (χ0v) is 21.7. The number of rotatable bonds is 10. The summed E-state index contributed by atoms with van der Waals surface area (Å²) < 4.78 is 147. The Balaban J connectivity index is 2.19. The predicted octanol–water partition coefficient (Wildman–Crippen LogP) is 6.38. The van der Waals surface area contributed by atoms with Crippen LogP contribution in [0.15, 0.2) is 30.3 Å². The monoisotopic (exact) mass is 582 g/mol. The summed E-state index contributed by atoms with van der Waals surface area (Å²) in [5, 5.41) is 0. The summed E-state index contributed by atoms with van der Waals surface area (Å²) in [6.07, 6.45) is 0. The number of hydrogen-bond donors (Lipinski definition) is 0. The Bertz CT molecular complexity index is 1310. The quantitative estimate of drug-likeness (QED) is 0.0916. The predicted molar refractivity (Wildman–Crippen MR) is 124 cm³/mol. The van der Waals surface area contributed by atoms with E-state index in [-0.39, 0.29) is 11.1 Å². The van der Waals surface area contributed by atoms with Gasteiger partial charge >= 0.3 is 7.32 Å². The Morgan fingerprint density at radius 2 is 1.02 bits per heavy atom. The molecule has 0 spiro atoms. The Labute approximate surface area is 223 Å². The molecule has 0 fully saturated rings. The van der Waals surface area contributed by atoms with E-state index in [1.807, 2.05) is 0 Å². The minimum Gasteiger partial charge on any atom is -0.489 e. The van der Waals surface area contributed by atoms with Crippen molar-refractivity contribution < 1.29 is 62.7 Å². The van der Waals surface area contributed by atoms with Gasteiger partial charge < -0.3 is 18.7 Å². The summed E-state index contributed by atoms with van der Waals surface area (Å²) in [6.45, 7) is 2.81. The summed E-state index contributed by atoms with van der Waals surface area (Å²) in [4.78, 5) is 0. The van der Waals surface area contributed by atoms with Crippen LogP contribution in [0.2, 0.25) is 0 Å². The van der Waals surface area contributed by atoms with Gasteiger partial charge in [0.2, 0.25) is 5.72 Å². The molecular weight excluding hydrogens is 560 g/mol. The van der Waals surface area contributed by atoms with Gasteiger partial charge in [-0.15, -0.1) is 0 Å². The Hall–Kier alpha value is -3.59. The van der Waals surface area contributed by atoms with Gasteiger partial charge in [-0.05, 0) is 6.92 Å². The first-order valence-corrected chi connectivity index (χ1v) is 11.4. The van der Waals surface area contributed by atoms with Crippen molar-refractivity contribution in [2.45, 2.75) is 19.6 Å². The minimum absolute atomic E-state index is 0.0530. The second-order valence-electron chi connectivity index (χ2n) is 9.33. The second-order valence-corrected chi connectivity index (χ2v) is 9.33. The van der Waals surface area contributed by atoms with Gasteiger partial charge in [-0.2, -0.15) is 0 Å². The average Bonchev–Trinajstić information content (AvgIpc) is 2.83. The number of benzene rings is 3. The molecule has 5 nitrogen and oxygen atoms in total. The topological polar surface area (TPSA) is 36.9 Å². The number of ether oxygens (including phenoxy) is 1. The van der Waals surface area contributed by atoms with E-state index in [1.165, 1.54) is 35.0 Å². The van der Waals surface area contributed by atoms with Crippen LogP contribution in [-0.4, -0.2) is 39.6 Å². The summed E-state index contributed by atoms with van der Waals surface area (Å²) in [6, 6.07) is 1.75. The molecule has 3 rings (SSSR count). The average molecular weight is 582 g/mol. The van der Waals surface area contributed by atoms with Crippen LogP contribution in [-0.2, 0) is 10.5 Å². The molecule has 3 aromatic rings. The molecule has 0 amide bonds. The largest absolute Gasteiger partial charge is 0.864 e. The summed E-state index contributed by atoms with van der Waals surface area (Å²) in [5.41, 5.74) is -2.50. The van der Waals surface area contributed by atoms with Crippen LogP contribution < -0.4 is 14.0 Å². The summed E-state index contributed by atoms with van der Waals surface area (Å²) in [7, 11) is 2.19. The lowest BCUT2D eigenvalue weighted by Gasteiger charge is -2.43. The normalized spacial score (nSPS) is 13.2. The maximum Gasteiger partial charge on any atom is 0.864 e. The van der Waals surface area contributed by atoms with Crippen molar-refractivity contribution in [3.63, 3.8) is 0 Å². The Morgan fingerprint density at radius 3 is 1.40 bits per heavy atom. The van der Waals surface area contributed by atoms with Crippen LogP contribution in [0.4, 0.5) is 39.5 Å². The fraction of sp³-hybridized carbons (Fsp3) is 0.280. The van der Waals surface area contributed by atoms with Crippen LogP contribution in [0.25, 0.3) is 0 Å². The first kappa shape index (κ1) is 30.9. The molecule has 1 unspecified atom stereocenters. The van der Waals surface area contributed by atoms with Gasteiger partial charge in [-0.3, -0.25) is 4.48 Å². The van der Waals surface area contributed by atoms with Crippen molar-refractivity contribution in [3.05, 3.63) is 88.3 Å². The van der Waals surface area contributed by atoms with Crippen molar-refractivity contribution >= 4 is 7.32 Å². The van der Waals surface area contributed by atoms with Gasteiger partial charge in [0.05, 0.1) is 27.7 Å².